The fraction of sp³-hybridized carbons (Fsp3) is 0.929. The molecule has 1 heterocycles. The second-order valence-corrected chi connectivity index (χ2v) is 6.36. The summed E-state index contributed by atoms with van der Waals surface area (Å²) in [6.07, 6.45) is 5.77. The van der Waals surface area contributed by atoms with Crippen LogP contribution >= 0.6 is 0 Å². The van der Waals surface area contributed by atoms with E-state index in [1.807, 2.05) is 0 Å². The van der Waals surface area contributed by atoms with Crippen LogP contribution in [-0.2, 0) is 4.79 Å². The molecule has 3 atom stereocenters. The van der Waals surface area contributed by atoms with Gasteiger partial charge in [-0.1, -0.05) is 27.7 Å². The summed E-state index contributed by atoms with van der Waals surface area (Å²) in [5.41, 5.74) is 0.410. The molecule has 1 aliphatic heterocycles. The summed E-state index contributed by atoms with van der Waals surface area (Å²) in [4.78, 5) is 14.5. The first kappa shape index (κ1) is 12.9. The van der Waals surface area contributed by atoms with E-state index in [2.05, 4.69) is 37.9 Å². The summed E-state index contributed by atoms with van der Waals surface area (Å²) in [6, 6.07) is 0.523. The Kier molecular flexibility index (Phi) is 3.48. The van der Waals surface area contributed by atoms with Crippen LogP contribution in [0.2, 0.25) is 0 Å². The molecule has 2 fully saturated rings. The standard InChI is InChI=1S/C14H26N2O/c1-5-11-13(17)16(12(6-2)15-11)10-7-8-14(3,4)9-10/h10-12,15H,5-9H2,1-4H3. The Labute approximate surface area is 105 Å². The Hall–Kier alpha value is -0.570. The third-order valence-electron chi connectivity index (χ3n) is 4.41. The summed E-state index contributed by atoms with van der Waals surface area (Å²) < 4.78 is 0. The molecule has 1 N–H and O–H groups in total. The average Bonchev–Trinajstić information content (AvgIpc) is 2.78. The molecular formula is C14H26N2O. The molecule has 98 valence electrons. The van der Waals surface area contributed by atoms with Gasteiger partial charge in [0.1, 0.15) is 0 Å². The maximum absolute atomic E-state index is 12.4. The van der Waals surface area contributed by atoms with E-state index in [0.29, 0.717) is 17.4 Å². The van der Waals surface area contributed by atoms with Crippen LogP contribution in [0.15, 0.2) is 0 Å². The van der Waals surface area contributed by atoms with Crippen LogP contribution in [0.3, 0.4) is 0 Å². The van der Waals surface area contributed by atoms with Crippen LogP contribution in [0.5, 0.6) is 0 Å². The Morgan fingerprint density at radius 3 is 2.53 bits per heavy atom. The lowest BCUT2D eigenvalue weighted by atomic mass is 9.91. The molecule has 17 heavy (non-hydrogen) atoms. The van der Waals surface area contributed by atoms with E-state index in [-0.39, 0.29) is 12.2 Å². The predicted molar refractivity (Wildman–Crippen MR) is 69.6 cm³/mol. The lowest BCUT2D eigenvalue weighted by molar-refractivity contribution is -0.132. The molecule has 0 aromatic heterocycles. The van der Waals surface area contributed by atoms with Crippen LogP contribution in [0, 0.1) is 5.41 Å². The number of rotatable bonds is 3. The van der Waals surface area contributed by atoms with Gasteiger partial charge in [-0.25, -0.2) is 0 Å². The largest absolute Gasteiger partial charge is 0.323 e. The van der Waals surface area contributed by atoms with Crippen molar-refractivity contribution in [3.05, 3.63) is 0 Å². The lowest BCUT2D eigenvalue weighted by Gasteiger charge is -2.30. The van der Waals surface area contributed by atoms with Gasteiger partial charge in [0.15, 0.2) is 0 Å². The second kappa shape index (κ2) is 4.60. The van der Waals surface area contributed by atoms with Gasteiger partial charge in [-0.15, -0.1) is 0 Å². The molecule has 2 aliphatic rings. The highest BCUT2D eigenvalue weighted by Crippen LogP contribution is 2.41. The molecule has 2 rings (SSSR count). The van der Waals surface area contributed by atoms with Gasteiger partial charge >= 0.3 is 0 Å². The van der Waals surface area contributed by atoms with Crippen LogP contribution in [0.4, 0.5) is 0 Å². The Bertz CT molecular complexity index is 301. The third-order valence-corrected chi connectivity index (χ3v) is 4.41. The quantitative estimate of drug-likeness (QED) is 0.819. The first-order valence-electron chi connectivity index (χ1n) is 7.06. The van der Waals surface area contributed by atoms with E-state index in [9.17, 15) is 4.79 Å². The van der Waals surface area contributed by atoms with E-state index in [1.165, 1.54) is 12.8 Å². The fourth-order valence-corrected chi connectivity index (χ4v) is 3.40. The summed E-state index contributed by atoms with van der Waals surface area (Å²) >= 11 is 0. The summed E-state index contributed by atoms with van der Waals surface area (Å²) in [7, 11) is 0. The molecule has 3 heteroatoms. The topological polar surface area (TPSA) is 32.3 Å². The van der Waals surface area contributed by atoms with Crippen molar-refractivity contribution in [2.24, 2.45) is 5.41 Å². The van der Waals surface area contributed by atoms with E-state index in [4.69, 9.17) is 0 Å². The molecule has 1 saturated carbocycles. The third kappa shape index (κ3) is 2.35. The summed E-state index contributed by atoms with van der Waals surface area (Å²) in [5.74, 6) is 0.335. The predicted octanol–water partition coefficient (Wildman–Crippen LogP) is 2.51. The van der Waals surface area contributed by atoms with Gasteiger partial charge in [0.25, 0.3) is 0 Å². The van der Waals surface area contributed by atoms with Gasteiger partial charge in [0.05, 0.1) is 12.2 Å². The minimum absolute atomic E-state index is 0.0589. The lowest BCUT2D eigenvalue weighted by Crippen LogP contribution is -2.43. The van der Waals surface area contributed by atoms with Crippen molar-refractivity contribution in [1.82, 2.24) is 10.2 Å². The van der Waals surface area contributed by atoms with Crippen molar-refractivity contribution in [2.75, 3.05) is 0 Å². The number of hydrogen-bond donors (Lipinski definition) is 1. The molecule has 0 aromatic rings. The zero-order chi connectivity index (χ0) is 12.6. The Balaban J connectivity index is 2.11. The summed E-state index contributed by atoms with van der Waals surface area (Å²) in [5, 5.41) is 3.47. The van der Waals surface area contributed by atoms with E-state index < -0.39 is 0 Å². The van der Waals surface area contributed by atoms with Crippen molar-refractivity contribution in [1.29, 1.82) is 0 Å². The molecule has 1 amide bonds. The Morgan fingerprint density at radius 1 is 1.35 bits per heavy atom. The van der Waals surface area contributed by atoms with Gasteiger partial charge in [-0.3, -0.25) is 10.1 Å². The van der Waals surface area contributed by atoms with E-state index in [0.717, 1.165) is 19.3 Å². The zero-order valence-corrected chi connectivity index (χ0v) is 11.6. The van der Waals surface area contributed by atoms with E-state index >= 15 is 0 Å². The van der Waals surface area contributed by atoms with Crippen molar-refractivity contribution < 1.29 is 4.79 Å². The van der Waals surface area contributed by atoms with Crippen LogP contribution in [0.1, 0.15) is 59.8 Å². The van der Waals surface area contributed by atoms with E-state index in [1.54, 1.807) is 0 Å². The normalized spacial score (nSPS) is 36.8. The fourth-order valence-electron chi connectivity index (χ4n) is 3.40. The van der Waals surface area contributed by atoms with Crippen molar-refractivity contribution in [3.63, 3.8) is 0 Å². The van der Waals surface area contributed by atoms with Crippen LogP contribution in [0.25, 0.3) is 0 Å². The highest BCUT2D eigenvalue weighted by Gasteiger charge is 2.44. The molecule has 3 nitrogen and oxygen atoms in total. The number of carbonyl (C=O) groups excluding carboxylic acids is 1. The van der Waals surface area contributed by atoms with Crippen LogP contribution < -0.4 is 5.32 Å². The molecule has 3 unspecified atom stereocenters. The second-order valence-electron chi connectivity index (χ2n) is 6.36. The summed E-state index contributed by atoms with van der Waals surface area (Å²) in [6.45, 7) is 8.89. The molecule has 0 bridgehead atoms. The van der Waals surface area contributed by atoms with Crippen molar-refractivity contribution in [3.8, 4) is 0 Å². The van der Waals surface area contributed by atoms with Crippen LogP contribution in [-0.4, -0.2) is 29.1 Å². The van der Waals surface area contributed by atoms with Gasteiger partial charge in [0.2, 0.25) is 5.91 Å². The highest BCUT2D eigenvalue weighted by atomic mass is 16.2. The SMILES string of the molecule is CCC1NC(CC)N(C2CCC(C)(C)C2)C1=O. The number of carbonyl (C=O) groups is 1. The highest BCUT2D eigenvalue weighted by molar-refractivity contribution is 5.84. The van der Waals surface area contributed by atoms with Gasteiger partial charge in [0, 0.05) is 6.04 Å². The van der Waals surface area contributed by atoms with Crippen molar-refractivity contribution >= 4 is 5.91 Å². The van der Waals surface area contributed by atoms with Crippen molar-refractivity contribution in [2.45, 2.75) is 78.0 Å². The molecule has 0 radical (unpaired) electrons. The molecule has 1 aliphatic carbocycles. The number of amides is 1. The maximum atomic E-state index is 12.4. The molecular weight excluding hydrogens is 212 g/mol. The van der Waals surface area contributed by atoms with Gasteiger partial charge in [-0.2, -0.15) is 0 Å². The Morgan fingerprint density at radius 2 is 2.06 bits per heavy atom. The molecule has 0 aromatic carbocycles. The maximum Gasteiger partial charge on any atom is 0.241 e. The smallest absolute Gasteiger partial charge is 0.241 e. The number of nitrogens with one attached hydrogen (secondary N) is 1. The first-order chi connectivity index (χ1) is 7.98. The van der Waals surface area contributed by atoms with Gasteiger partial charge in [-0.05, 0) is 37.5 Å². The molecule has 0 spiro atoms. The number of nitrogens with zero attached hydrogens (tertiary/aromatic N) is 1. The zero-order valence-electron chi connectivity index (χ0n) is 11.6. The first-order valence-corrected chi connectivity index (χ1v) is 7.06. The minimum atomic E-state index is 0.0589. The average molecular weight is 238 g/mol. The minimum Gasteiger partial charge on any atom is -0.323 e. The van der Waals surface area contributed by atoms with Gasteiger partial charge < -0.3 is 4.90 Å². The molecule has 1 saturated heterocycles. The number of hydrogen-bond acceptors (Lipinski definition) is 2. The monoisotopic (exact) mass is 238 g/mol.